The lowest BCUT2D eigenvalue weighted by atomic mass is 9.96. The second-order valence-electron chi connectivity index (χ2n) is 8.49. The molecule has 0 spiro atoms. The first-order chi connectivity index (χ1) is 15.9. The van der Waals surface area contributed by atoms with Crippen LogP contribution in [0.5, 0.6) is 11.6 Å². The summed E-state index contributed by atoms with van der Waals surface area (Å²) in [5.74, 6) is -2.69. The predicted molar refractivity (Wildman–Crippen MR) is 119 cm³/mol. The van der Waals surface area contributed by atoms with E-state index in [-0.39, 0.29) is 18.1 Å². The van der Waals surface area contributed by atoms with Gasteiger partial charge in [-0.05, 0) is 38.0 Å². The van der Waals surface area contributed by atoms with Gasteiger partial charge in [0.2, 0.25) is 11.5 Å². The van der Waals surface area contributed by atoms with Crippen LogP contribution in [0.25, 0.3) is 0 Å². The molecule has 3 atom stereocenters. The Morgan fingerprint density at radius 2 is 1.74 bits per heavy atom. The van der Waals surface area contributed by atoms with Crippen LogP contribution in [0.15, 0.2) is 36.7 Å². The summed E-state index contributed by atoms with van der Waals surface area (Å²) in [6.45, 7) is 3.19. The molecule has 35 heavy (non-hydrogen) atoms. The summed E-state index contributed by atoms with van der Waals surface area (Å²) in [6, 6.07) is 4.83. The lowest BCUT2D eigenvalue weighted by Gasteiger charge is -2.30. The van der Waals surface area contributed by atoms with Crippen molar-refractivity contribution in [2.45, 2.75) is 50.1 Å². The number of halogens is 3. The summed E-state index contributed by atoms with van der Waals surface area (Å²) in [4.78, 5) is 18.1. The van der Waals surface area contributed by atoms with Crippen LogP contribution in [0.3, 0.4) is 0 Å². The van der Waals surface area contributed by atoms with Gasteiger partial charge in [-0.2, -0.15) is 13.2 Å². The molecule has 6 N–H and O–H groups in total. The molecule has 1 aromatic carbocycles. The molecular formula is C21H27F3N4O6S. The number of rotatable bonds is 11. The molecule has 0 saturated carbocycles. The normalized spacial score (nSPS) is 16.7. The number of carboxylic acid groups (broad SMARTS) is 1. The molecule has 1 aromatic heterocycles. The van der Waals surface area contributed by atoms with Crippen molar-refractivity contribution in [3.63, 3.8) is 0 Å². The van der Waals surface area contributed by atoms with E-state index in [0.29, 0.717) is 11.8 Å². The quantitative estimate of drug-likeness (QED) is 0.297. The van der Waals surface area contributed by atoms with Crippen molar-refractivity contribution in [3.05, 3.63) is 47.9 Å². The number of nitrogens with zero attached hydrogens (tertiary/aromatic N) is 2. The number of carbonyl (C=O) groups is 1. The van der Waals surface area contributed by atoms with Gasteiger partial charge in [0.25, 0.3) is 0 Å². The molecule has 2 unspecified atom stereocenters. The van der Waals surface area contributed by atoms with E-state index in [4.69, 9.17) is 20.4 Å². The fraction of sp³-hybridized carbons (Fsp3) is 0.476. The van der Waals surface area contributed by atoms with Crippen LogP contribution in [-0.4, -0.2) is 59.2 Å². The molecule has 0 amide bonds. The lowest BCUT2D eigenvalue weighted by molar-refractivity contribution is -0.269. The zero-order valence-corrected chi connectivity index (χ0v) is 19.8. The maximum Gasteiger partial charge on any atom is 0.423 e. The van der Waals surface area contributed by atoms with Crippen molar-refractivity contribution in [2.75, 3.05) is 11.5 Å². The van der Waals surface area contributed by atoms with E-state index >= 15 is 0 Å². The summed E-state index contributed by atoms with van der Waals surface area (Å²) < 4.78 is 66.7. The van der Waals surface area contributed by atoms with Gasteiger partial charge in [0.05, 0.1) is 23.7 Å². The third-order valence-corrected chi connectivity index (χ3v) is 6.93. The Kier molecular flexibility index (Phi) is 8.48. The van der Waals surface area contributed by atoms with Crippen LogP contribution in [0.1, 0.15) is 37.9 Å². The van der Waals surface area contributed by atoms with Crippen molar-refractivity contribution in [1.29, 1.82) is 4.78 Å². The maximum atomic E-state index is 13.7. The van der Waals surface area contributed by atoms with Gasteiger partial charge < -0.3 is 25.8 Å². The second kappa shape index (κ2) is 10.4. The summed E-state index contributed by atoms with van der Waals surface area (Å²) in [5.41, 5.74) is 0.382. The molecule has 10 nitrogen and oxygen atoms in total. The molecule has 0 aliphatic carbocycles. The Bertz CT molecular complexity index is 1120. The highest BCUT2D eigenvalue weighted by Gasteiger charge is 2.56. The summed E-state index contributed by atoms with van der Waals surface area (Å²) in [7, 11) is -3.67. The zero-order chi connectivity index (χ0) is 26.7. The summed E-state index contributed by atoms with van der Waals surface area (Å²) in [6.07, 6.45) is -5.22. The second-order valence-corrected chi connectivity index (χ2v) is 10.9. The van der Waals surface area contributed by atoms with Crippen LogP contribution in [0.2, 0.25) is 0 Å². The van der Waals surface area contributed by atoms with Crippen molar-refractivity contribution >= 4 is 15.7 Å². The SMILES string of the molecule is CC(C)(O)c1ccc(Oc2cnc(C(O)(CCS(=N)(=O)CC[C@H](N)C(=O)O)C(F)(F)F)cn2)cc1. The van der Waals surface area contributed by atoms with E-state index in [9.17, 15) is 32.4 Å². The number of hydrogen-bond donors (Lipinski definition) is 5. The fourth-order valence-corrected chi connectivity index (χ4v) is 4.37. The van der Waals surface area contributed by atoms with Gasteiger partial charge in [-0.25, -0.2) is 9.19 Å². The molecule has 1 heterocycles. The van der Waals surface area contributed by atoms with E-state index in [1.807, 2.05) is 0 Å². The van der Waals surface area contributed by atoms with Crippen molar-refractivity contribution in [3.8, 4) is 11.6 Å². The maximum absolute atomic E-state index is 13.7. The van der Waals surface area contributed by atoms with Gasteiger partial charge in [0.1, 0.15) is 11.8 Å². The van der Waals surface area contributed by atoms with Crippen molar-refractivity contribution in [1.82, 2.24) is 9.97 Å². The average Bonchev–Trinajstić information content (AvgIpc) is 2.75. The highest BCUT2D eigenvalue weighted by atomic mass is 32.2. The number of aliphatic hydroxyl groups is 2. The largest absolute Gasteiger partial charge is 0.480 e. The Morgan fingerprint density at radius 3 is 2.20 bits per heavy atom. The number of nitrogens with one attached hydrogen (secondary N) is 1. The molecule has 194 valence electrons. The zero-order valence-electron chi connectivity index (χ0n) is 19.0. The number of nitrogens with two attached hydrogens (primary N) is 1. The van der Waals surface area contributed by atoms with Crippen LogP contribution in [0, 0.1) is 4.78 Å². The minimum Gasteiger partial charge on any atom is -0.480 e. The topological polar surface area (TPSA) is 180 Å². The van der Waals surface area contributed by atoms with Gasteiger partial charge in [0, 0.05) is 27.7 Å². The number of ether oxygens (including phenoxy) is 1. The minimum atomic E-state index is -5.23. The number of hydrogen-bond acceptors (Lipinski definition) is 9. The Morgan fingerprint density at radius 1 is 1.14 bits per heavy atom. The molecule has 0 fully saturated rings. The summed E-state index contributed by atoms with van der Waals surface area (Å²) in [5, 5.41) is 29.1. The summed E-state index contributed by atoms with van der Waals surface area (Å²) >= 11 is 0. The Hall–Kier alpha value is -2.81. The number of aliphatic carboxylic acids is 1. The number of alkyl halides is 3. The van der Waals surface area contributed by atoms with Crippen LogP contribution >= 0.6 is 0 Å². The van der Waals surface area contributed by atoms with E-state index in [2.05, 4.69) is 9.97 Å². The van der Waals surface area contributed by atoms with Gasteiger partial charge in [-0.3, -0.25) is 14.6 Å². The average molecular weight is 521 g/mol. The molecule has 0 saturated heterocycles. The molecule has 0 radical (unpaired) electrons. The van der Waals surface area contributed by atoms with Gasteiger partial charge >= 0.3 is 12.1 Å². The Labute approximate surface area is 200 Å². The van der Waals surface area contributed by atoms with Gasteiger partial charge in [-0.1, -0.05) is 12.1 Å². The molecule has 0 aliphatic heterocycles. The monoisotopic (exact) mass is 520 g/mol. The van der Waals surface area contributed by atoms with Gasteiger partial charge in [0.15, 0.2) is 0 Å². The molecule has 14 heteroatoms. The first-order valence-electron chi connectivity index (χ1n) is 10.3. The smallest absolute Gasteiger partial charge is 0.423 e. The van der Waals surface area contributed by atoms with E-state index in [0.717, 1.165) is 6.20 Å². The van der Waals surface area contributed by atoms with Crippen molar-refractivity contribution < 1.29 is 42.2 Å². The number of aromatic nitrogens is 2. The van der Waals surface area contributed by atoms with E-state index < -0.39 is 62.7 Å². The third kappa shape index (κ3) is 7.59. The van der Waals surface area contributed by atoms with Crippen LogP contribution in [0.4, 0.5) is 13.2 Å². The van der Waals surface area contributed by atoms with E-state index in [1.54, 1.807) is 26.0 Å². The molecule has 2 aromatic rings. The molecule has 2 rings (SSSR count). The number of carboxylic acids is 1. The Balaban J connectivity index is 2.16. The predicted octanol–water partition coefficient (Wildman–Crippen LogP) is 2.49. The molecular weight excluding hydrogens is 493 g/mol. The first kappa shape index (κ1) is 28.4. The number of benzene rings is 1. The lowest BCUT2D eigenvalue weighted by Crippen LogP contribution is -2.44. The first-order valence-corrected chi connectivity index (χ1v) is 12.2. The van der Waals surface area contributed by atoms with Crippen LogP contribution in [-0.2, 0) is 25.7 Å². The standard InChI is InChI=1S/C21H27F3N4O6S/c1-19(2,31)13-3-5-14(6-4-13)34-17-12-27-16(11-28-17)20(32,21(22,23)24)8-10-35(26,33)9-7-15(25)18(29)30/h3-6,11-12,15,26,31-32H,7-10,25H2,1-2H3,(H,29,30)/t15-,20?,35?/m0/s1. The minimum absolute atomic E-state index is 0.166. The molecule has 0 bridgehead atoms. The van der Waals surface area contributed by atoms with Crippen LogP contribution < -0.4 is 10.5 Å². The van der Waals surface area contributed by atoms with Crippen molar-refractivity contribution in [2.24, 2.45) is 5.73 Å². The third-order valence-electron chi connectivity index (χ3n) is 5.17. The highest BCUT2D eigenvalue weighted by molar-refractivity contribution is 7.92. The molecule has 0 aliphatic rings. The highest BCUT2D eigenvalue weighted by Crippen LogP contribution is 2.41. The fourth-order valence-electron chi connectivity index (χ4n) is 2.90. The van der Waals surface area contributed by atoms with E-state index in [1.165, 1.54) is 12.1 Å². The van der Waals surface area contributed by atoms with Gasteiger partial charge in [-0.15, -0.1) is 0 Å².